The van der Waals surface area contributed by atoms with Crippen LogP contribution in [0.4, 0.5) is 11.8 Å². The van der Waals surface area contributed by atoms with E-state index in [0.29, 0.717) is 5.82 Å². The molecule has 0 aliphatic rings. The first-order valence-electron chi connectivity index (χ1n) is 5.24. The highest BCUT2D eigenvalue weighted by atomic mass is 79.9. The van der Waals surface area contributed by atoms with Crippen molar-refractivity contribution in [2.75, 3.05) is 17.7 Å². The molecule has 1 aromatic heterocycles. The number of rotatable bonds is 5. The van der Waals surface area contributed by atoms with Gasteiger partial charge in [0.05, 0.1) is 16.6 Å². The van der Waals surface area contributed by atoms with Crippen LogP contribution in [0.5, 0.6) is 0 Å². The van der Waals surface area contributed by atoms with Crippen LogP contribution in [0.15, 0.2) is 10.7 Å². The van der Waals surface area contributed by atoms with E-state index in [0.717, 1.165) is 17.3 Å². The van der Waals surface area contributed by atoms with Crippen molar-refractivity contribution in [3.05, 3.63) is 10.7 Å². The van der Waals surface area contributed by atoms with Gasteiger partial charge in [0, 0.05) is 6.20 Å². The fourth-order valence-corrected chi connectivity index (χ4v) is 1.70. The smallest absolute Gasteiger partial charge is 0.221 e. The second-order valence-electron chi connectivity index (χ2n) is 3.70. The van der Waals surface area contributed by atoms with Gasteiger partial charge in [0.1, 0.15) is 5.82 Å². The molecule has 16 heavy (non-hydrogen) atoms. The molecule has 0 unspecified atom stereocenters. The Bertz CT molecular complexity index is 346. The lowest BCUT2D eigenvalue weighted by molar-refractivity contribution is 0.202. The average molecular weight is 289 g/mol. The van der Waals surface area contributed by atoms with E-state index in [1.54, 1.807) is 6.20 Å². The van der Waals surface area contributed by atoms with Gasteiger partial charge in [0.25, 0.3) is 0 Å². The van der Waals surface area contributed by atoms with Gasteiger partial charge in [0.15, 0.2) is 0 Å². The van der Waals surface area contributed by atoms with Crippen LogP contribution in [-0.4, -0.2) is 27.2 Å². The molecule has 0 spiro atoms. The van der Waals surface area contributed by atoms with Gasteiger partial charge in [0.2, 0.25) is 5.95 Å². The third-order valence-electron chi connectivity index (χ3n) is 2.80. The number of nitrogens with two attached hydrogens (primary N) is 1. The summed E-state index contributed by atoms with van der Waals surface area (Å²) in [4.78, 5) is 7.96. The van der Waals surface area contributed by atoms with Crippen LogP contribution in [0.3, 0.4) is 0 Å². The van der Waals surface area contributed by atoms with Crippen LogP contribution in [-0.2, 0) is 0 Å². The Balaban J connectivity index is 2.97. The van der Waals surface area contributed by atoms with Gasteiger partial charge in [-0.05, 0) is 28.8 Å². The predicted molar refractivity (Wildman–Crippen MR) is 68.2 cm³/mol. The molecule has 1 rings (SSSR count). The van der Waals surface area contributed by atoms with E-state index in [1.807, 2.05) is 13.8 Å². The number of hydrogen-bond donors (Lipinski definition) is 3. The maximum atomic E-state index is 9.45. The summed E-state index contributed by atoms with van der Waals surface area (Å²) < 4.78 is 0.737. The van der Waals surface area contributed by atoms with Crippen LogP contribution >= 0.6 is 15.9 Å². The lowest BCUT2D eigenvalue weighted by Crippen LogP contribution is -2.41. The summed E-state index contributed by atoms with van der Waals surface area (Å²) in [5.74, 6) is 0.829. The monoisotopic (exact) mass is 288 g/mol. The molecule has 0 atom stereocenters. The molecule has 90 valence electrons. The molecule has 0 aliphatic heterocycles. The average Bonchev–Trinajstić information content (AvgIpc) is 2.31. The molecule has 0 fully saturated rings. The topological polar surface area (TPSA) is 84.1 Å². The van der Waals surface area contributed by atoms with Crippen LogP contribution in [0, 0.1) is 0 Å². The zero-order chi connectivity index (χ0) is 12.2. The van der Waals surface area contributed by atoms with Crippen molar-refractivity contribution < 1.29 is 5.11 Å². The summed E-state index contributed by atoms with van der Waals surface area (Å²) in [7, 11) is 0. The first-order valence-corrected chi connectivity index (χ1v) is 6.03. The van der Waals surface area contributed by atoms with Crippen molar-refractivity contribution in [3.8, 4) is 0 Å². The number of aliphatic hydroxyl groups is 1. The fraction of sp³-hybridized carbons (Fsp3) is 0.600. The van der Waals surface area contributed by atoms with Gasteiger partial charge in [-0.3, -0.25) is 0 Å². The Labute approximate surface area is 104 Å². The summed E-state index contributed by atoms with van der Waals surface area (Å²) in [5.41, 5.74) is 5.17. The maximum absolute atomic E-state index is 9.45. The van der Waals surface area contributed by atoms with Crippen LogP contribution in [0.25, 0.3) is 0 Å². The molecule has 1 aromatic rings. The van der Waals surface area contributed by atoms with E-state index in [1.165, 1.54) is 0 Å². The van der Waals surface area contributed by atoms with E-state index in [-0.39, 0.29) is 18.1 Å². The number of halogens is 1. The minimum Gasteiger partial charge on any atom is -0.394 e. The molecule has 0 saturated carbocycles. The minimum absolute atomic E-state index is 0.0519. The largest absolute Gasteiger partial charge is 0.394 e. The van der Waals surface area contributed by atoms with Gasteiger partial charge in [-0.1, -0.05) is 13.8 Å². The minimum atomic E-state index is -0.358. The maximum Gasteiger partial charge on any atom is 0.221 e. The molecule has 0 radical (unpaired) electrons. The van der Waals surface area contributed by atoms with Gasteiger partial charge < -0.3 is 16.2 Å². The van der Waals surface area contributed by atoms with Crippen LogP contribution in [0.2, 0.25) is 0 Å². The molecule has 0 saturated heterocycles. The van der Waals surface area contributed by atoms with E-state index in [4.69, 9.17) is 5.73 Å². The van der Waals surface area contributed by atoms with Crippen LogP contribution < -0.4 is 11.1 Å². The molecule has 0 amide bonds. The number of nitrogens with one attached hydrogen (secondary N) is 1. The lowest BCUT2D eigenvalue weighted by Gasteiger charge is -2.31. The second kappa shape index (κ2) is 5.45. The standard InChI is InChI=1S/C10H17BrN4O/c1-3-10(4-2,6-16)15-8-7(11)5-13-9(12)14-8/h5,16H,3-4,6H2,1-2H3,(H3,12,13,14,15). The number of nitrogens with zero attached hydrogens (tertiary/aromatic N) is 2. The Morgan fingerprint density at radius 2 is 2.12 bits per heavy atom. The molecule has 5 nitrogen and oxygen atoms in total. The number of aliphatic hydroxyl groups excluding tert-OH is 1. The Morgan fingerprint density at radius 1 is 1.50 bits per heavy atom. The summed E-state index contributed by atoms with van der Waals surface area (Å²) in [6, 6.07) is 0. The van der Waals surface area contributed by atoms with Crippen molar-refractivity contribution >= 4 is 27.7 Å². The van der Waals surface area contributed by atoms with Crippen molar-refractivity contribution in [1.29, 1.82) is 0 Å². The second-order valence-corrected chi connectivity index (χ2v) is 4.55. The van der Waals surface area contributed by atoms with Crippen molar-refractivity contribution in [1.82, 2.24) is 9.97 Å². The van der Waals surface area contributed by atoms with Crippen molar-refractivity contribution in [2.24, 2.45) is 0 Å². The molecule has 0 bridgehead atoms. The van der Waals surface area contributed by atoms with Crippen LogP contribution in [0.1, 0.15) is 26.7 Å². The highest BCUT2D eigenvalue weighted by Crippen LogP contribution is 2.26. The summed E-state index contributed by atoms with van der Waals surface area (Å²) >= 11 is 3.35. The zero-order valence-electron chi connectivity index (χ0n) is 9.50. The number of hydrogen-bond acceptors (Lipinski definition) is 5. The van der Waals surface area contributed by atoms with E-state index >= 15 is 0 Å². The van der Waals surface area contributed by atoms with Gasteiger partial charge in [-0.2, -0.15) is 4.98 Å². The van der Waals surface area contributed by atoms with E-state index in [9.17, 15) is 5.11 Å². The molecule has 0 aromatic carbocycles. The quantitative estimate of drug-likeness (QED) is 0.769. The first-order chi connectivity index (χ1) is 7.56. The molecule has 1 heterocycles. The summed E-state index contributed by atoms with van der Waals surface area (Å²) in [5, 5.41) is 12.7. The lowest BCUT2D eigenvalue weighted by atomic mass is 9.94. The van der Waals surface area contributed by atoms with E-state index in [2.05, 4.69) is 31.2 Å². The van der Waals surface area contributed by atoms with Gasteiger partial charge in [-0.15, -0.1) is 0 Å². The third-order valence-corrected chi connectivity index (χ3v) is 3.38. The number of aromatic nitrogens is 2. The predicted octanol–water partition coefficient (Wildman–Crippen LogP) is 1.78. The first kappa shape index (κ1) is 13.2. The SMILES string of the molecule is CCC(CC)(CO)Nc1nc(N)ncc1Br. The Morgan fingerprint density at radius 3 is 2.62 bits per heavy atom. The highest BCUT2D eigenvalue weighted by molar-refractivity contribution is 9.10. The molecule has 4 N–H and O–H groups in total. The normalized spacial score (nSPS) is 11.5. The van der Waals surface area contributed by atoms with Gasteiger partial charge in [-0.25, -0.2) is 4.98 Å². The van der Waals surface area contributed by atoms with Crippen molar-refractivity contribution in [3.63, 3.8) is 0 Å². The molecule has 6 heteroatoms. The Hall–Kier alpha value is -0.880. The van der Waals surface area contributed by atoms with Crippen molar-refractivity contribution in [2.45, 2.75) is 32.2 Å². The highest BCUT2D eigenvalue weighted by Gasteiger charge is 2.26. The Kier molecular flexibility index (Phi) is 4.49. The summed E-state index contributed by atoms with van der Waals surface area (Å²) in [6.07, 6.45) is 3.20. The zero-order valence-corrected chi connectivity index (χ0v) is 11.1. The summed E-state index contributed by atoms with van der Waals surface area (Å²) in [6.45, 7) is 4.09. The third kappa shape index (κ3) is 2.82. The molecular formula is C10H17BrN4O. The molecule has 0 aliphatic carbocycles. The number of nitrogen functional groups attached to an aromatic ring is 1. The van der Waals surface area contributed by atoms with Gasteiger partial charge >= 0.3 is 0 Å². The molecular weight excluding hydrogens is 272 g/mol. The number of anilines is 2. The van der Waals surface area contributed by atoms with E-state index < -0.39 is 0 Å². The fourth-order valence-electron chi connectivity index (χ4n) is 1.41.